The first-order valence-electron chi connectivity index (χ1n) is 14.1. The first-order chi connectivity index (χ1) is 19.1. The number of piperazine rings is 1. The van der Waals surface area contributed by atoms with Crippen LogP contribution in [0.2, 0.25) is 0 Å². The summed E-state index contributed by atoms with van der Waals surface area (Å²) in [5, 5.41) is 9.46. The fourth-order valence-corrected chi connectivity index (χ4v) is 6.99. The van der Waals surface area contributed by atoms with Gasteiger partial charge < -0.3 is 19.7 Å². The van der Waals surface area contributed by atoms with E-state index in [9.17, 15) is 4.79 Å². The van der Waals surface area contributed by atoms with Gasteiger partial charge in [-0.15, -0.1) is 0 Å². The summed E-state index contributed by atoms with van der Waals surface area (Å²) in [5.74, 6) is 1.71. The third kappa shape index (κ3) is 5.87. The van der Waals surface area contributed by atoms with Gasteiger partial charge in [0.05, 0.1) is 30.4 Å². The molecule has 1 aliphatic carbocycles. The Morgan fingerprint density at radius 3 is 2.59 bits per heavy atom. The Kier molecular flexibility index (Phi) is 7.94. The highest BCUT2D eigenvalue weighted by Crippen LogP contribution is 2.31. The number of nitrogens with one attached hydrogen (secondary N) is 1. The van der Waals surface area contributed by atoms with E-state index in [2.05, 4.69) is 30.6 Å². The molecule has 210 valence electrons. The molecule has 2 aliphatic heterocycles. The largest absolute Gasteiger partial charge is 0.453 e. The second-order valence-corrected chi connectivity index (χ2v) is 11.7. The van der Waals surface area contributed by atoms with Crippen molar-refractivity contribution in [3.05, 3.63) is 29.5 Å². The minimum atomic E-state index is -0.218. The number of carbonyl (C=O) groups is 1. The predicted octanol–water partition coefficient (Wildman–Crippen LogP) is 3.64. The van der Waals surface area contributed by atoms with Gasteiger partial charge in [0.25, 0.3) is 0 Å². The molecule has 12 heteroatoms. The van der Waals surface area contributed by atoms with Gasteiger partial charge in [-0.1, -0.05) is 0 Å². The molecule has 39 heavy (non-hydrogen) atoms. The van der Waals surface area contributed by atoms with Gasteiger partial charge in [0.15, 0.2) is 0 Å². The first-order valence-corrected chi connectivity index (χ1v) is 14.9. The highest BCUT2D eigenvalue weighted by molar-refractivity contribution is 7.13. The number of hydrogen-bond donors (Lipinski definition) is 1. The van der Waals surface area contributed by atoms with Crippen LogP contribution in [-0.2, 0) is 15.9 Å². The molecule has 0 bridgehead atoms. The van der Waals surface area contributed by atoms with Gasteiger partial charge in [-0.25, -0.2) is 14.8 Å². The molecular weight excluding hydrogens is 516 g/mol. The van der Waals surface area contributed by atoms with Crippen molar-refractivity contribution in [2.45, 2.75) is 70.0 Å². The second-order valence-electron chi connectivity index (χ2n) is 10.9. The number of carbonyl (C=O) groups excluding carboxylic acids is 1. The molecule has 3 aromatic rings. The third-order valence-corrected chi connectivity index (χ3v) is 9.27. The topological polar surface area (TPSA) is 111 Å². The van der Waals surface area contributed by atoms with E-state index < -0.39 is 0 Å². The van der Waals surface area contributed by atoms with Crippen molar-refractivity contribution in [2.75, 3.05) is 51.8 Å². The zero-order valence-electron chi connectivity index (χ0n) is 22.8. The molecule has 3 aromatic heterocycles. The number of hydrogen-bond acceptors (Lipinski definition) is 10. The zero-order chi connectivity index (χ0) is 26.8. The molecule has 6 rings (SSSR count). The summed E-state index contributed by atoms with van der Waals surface area (Å²) in [7, 11) is 1.45. The first kappa shape index (κ1) is 26.4. The molecule has 0 aromatic carbocycles. The Morgan fingerprint density at radius 2 is 1.85 bits per heavy atom. The average Bonchev–Trinajstić information content (AvgIpc) is 3.60. The molecular formula is C27H38N8O3S. The lowest BCUT2D eigenvalue weighted by Crippen LogP contribution is -2.53. The van der Waals surface area contributed by atoms with Crippen LogP contribution in [0.3, 0.4) is 0 Å². The molecule has 1 saturated carbocycles. The summed E-state index contributed by atoms with van der Waals surface area (Å²) in [4.78, 5) is 27.0. The number of methoxy groups -OCH3 is 1. The molecule has 11 nitrogen and oxygen atoms in total. The van der Waals surface area contributed by atoms with Crippen LogP contribution < -0.4 is 5.32 Å². The summed E-state index contributed by atoms with van der Waals surface area (Å²) < 4.78 is 17.1. The number of anilines is 1. The van der Waals surface area contributed by atoms with E-state index in [0.717, 1.165) is 111 Å². The average molecular weight is 555 g/mol. The Hall–Kier alpha value is -2.83. The van der Waals surface area contributed by atoms with E-state index in [4.69, 9.17) is 19.4 Å². The Balaban J connectivity index is 1.09. The number of fused-ring (bicyclic) bond motifs is 1. The van der Waals surface area contributed by atoms with Crippen LogP contribution in [-0.4, -0.2) is 98.6 Å². The van der Waals surface area contributed by atoms with Gasteiger partial charge in [0.2, 0.25) is 0 Å². The molecule has 0 atom stereocenters. The lowest BCUT2D eigenvalue weighted by Gasteiger charge is -2.41. The summed E-state index contributed by atoms with van der Waals surface area (Å²) in [6.07, 6.45) is 11.0. The number of amides is 1. The third-order valence-electron chi connectivity index (χ3n) is 8.44. The van der Waals surface area contributed by atoms with Crippen molar-refractivity contribution in [3.8, 4) is 0 Å². The van der Waals surface area contributed by atoms with Crippen LogP contribution in [0.5, 0.6) is 0 Å². The van der Waals surface area contributed by atoms with Gasteiger partial charge in [0.1, 0.15) is 16.5 Å². The normalized spacial score (nSPS) is 23.3. The Morgan fingerprint density at radius 1 is 1.08 bits per heavy atom. The minimum absolute atomic E-state index is 0.218. The van der Waals surface area contributed by atoms with E-state index in [-0.39, 0.29) is 6.09 Å². The van der Waals surface area contributed by atoms with Gasteiger partial charge in [-0.05, 0) is 62.5 Å². The predicted molar refractivity (Wildman–Crippen MR) is 149 cm³/mol. The summed E-state index contributed by atoms with van der Waals surface area (Å²) in [6.45, 7) is 6.95. The van der Waals surface area contributed by atoms with Crippen molar-refractivity contribution in [1.29, 1.82) is 0 Å². The van der Waals surface area contributed by atoms with Crippen molar-refractivity contribution in [3.63, 3.8) is 0 Å². The molecule has 3 aliphatic rings. The number of ether oxygens (including phenoxy) is 2. The van der Waals surface area contributed by atoms with Crippen molar-refractivity contribution >= 4 is 33.7 Å². The van der Waals surface area contributed by atoms with Crippen LogP contribution in [0.25, 0.3) is 10.2 Å². The number of nitrogens with zero attached hydrogens (tertiary/aromatic N) is 7. The maximum absolute atomic E-state index is 11.8. The number of aromatic nitrogens is 5. The molecule has 0 spiro atoms. The van der Waals surface area contributed by atoms with E-state index in [0.29, 0.717) is 24.5 Å². The SMILES string of the molecule is COC(=O)N1CCN(C2CCC(Nc3nc(Cc4cnn(C5CCOCC5)c4)nc4snc(C)c34)CC2)CC1. The molecule has 2 saturated heterocycles. The lowest BCUT2D eigenvalue weighted by molar-refractivity contribution is 0.0642. The standard InChI is InChI=1S/C27H38N8O3S/c1-18-24-25(29-20-3-5-21(6-4-20)33-9-11-34(12-10-33)27(36)37-2)30-23(31-26(24)39-32-18)15-19-16-28-35(17-19)22-7-13-38-14-8-22/h16-17,20-22H,3-15H2,1-2H3,(H,29,30,31). The fourth-order valence-electron chi connectivity index (χ4n) is 6.20. The maximum Gasteiger partial charge on any atom is 0.409 e. The fraction of sp³-hybridized carbons (Fsp3) is 0.667. The molecule has 0 radical (unpaired) electrons. The molecule has 1 amide bonds. The maximum atomic E-state index is 11.8. The quantitative estimate of drug-likeness (QED) is 0.488. The molecule has 0 unspecified atom stereocenters. The van der Waals surface area contributed by atoms with Crippen LogP contribution in [0, 0.1) is 6.92 Å². The Bertz CT molecular complexity index is 1270. The van der Waals surface area contributed by atoms with Crippen LogP contribution in [0.15, 0.2) is 12.4 Å². The smallest absolute Gasteiger partial charge is 0.409 e. The van der Waals surface area contributed by atoms with Crippen LogP contribution in [0.4, 0.5) is 10.6 Å². The van der Waals surface area contributed by atoms with Crippen molar-refractivity contribution in [2.24, 2.45) is 0 Å². The summed E-state index contributed by atoms with van der Waals surface area (Å²) in [6, 6.07) is 1.35. The lowest BCUT2D eigenvalue weighted by atomic mass is 9.89. The molecule has 1 N–H and O–H groups in total. The Labute approximate surface area is 233 Å². The minimum Gasteiger partial charge on any atom is -0.453 e. The summed E-state index contributed by atoms with van der Waals surface area (Å²) >= 11 is 1.45. The van der Waals surface area contributed by atoms with E-state index >= 15 is 0 Å². The van der Waals surface area contributed by atoms with E-state index in [1.54, 1.807) is 4.90 Å². The monoisotopic (exact) mass is 554 g/mol. The zero-order valence-corrected chi connectivity index (χ0v) is 23.7. The van der Waals surface area contributed by atoms with E-state index in [1.807, 2.05) is 13.1 Å². The van der Waals surface area contributed by atoms with Crippen LogP contribution in [0.1, 0.15) is 61.6 Å². The highest BCUT2D eigenvalue weighted by atomic mass is 32.1. The molecule has 5 heterocycles. The number of aryl methyl sites for hydroxylation is 1. The van der Waals surface area contributed by atoms with Gasteiger partial charge in [-0.3, -0.25) is 9.58 Å². The highest BCUT2D eigenvalue weighted by Gasteiger charge is 2.30. The summed E-state index contributed by atoms with van der Waals surface area (Å²) in [5.41, 5.74) is 2.11. The van der Waals surface area contributed by atoms with E-state index in [1.165, 1.54) is 18.6 Å². The van der Waals surface area contributed by atoms with Crippen molar-refractivity contribution < 1.29 is 14.3 Å². The number of rotatable bonds is 6. The molecule has 3 fully saturated rings. The van der Waals surface area contributed by atoms with Gasteiger partial charge in [0, 0.05) is 64.1 Å². The van der Waals surface area contributed by atoms with Gasteiger partial charge in [-0.2, -0.15) is 9.47 Å². The van der Waals surface area contributed by atoms with Gasteiger partial charge >= 0.3 is 6.09 Å². The second kappa shape index (κ2) is 11.7. The van der Waals surface area contributed by atoms with Crippen molar-refractivity contribution in [1.82, 2.24) is 33.9 Å². The van der Waals surface area contributed by atoms with Crippen LogP contribution >= 0.6 is 11.5 Å².